The summed E-state index contributed by atoms with van der Waals surface area (Å²) in [5.74, 6) is -0.282. The Morgan fingerprint density at radius 1 is 1.17 bits per heavy atom. The number of para-hydroxylation sites is 1. The van der Waals surface area contributed by atoms with Crippen molar-refractivity contribution in [3.63, 3.8) is 0 Å². The van der Waals surface area contributed by atoms with E-state index in [2.05, 4.69) is 20.8 Å². The maximum absolute atomic E-state index is 11.0. The Bertz CT molecular complexity index is 903. The van der Waals surface area contributed by atoms with Crippen molar-refractivity contribution in [1.82, 2.24) is 20.2 Å². The van der Waals surface area contributed by atoms with Crippen molar-refractivity contribution in [3.05, 3.63) is 59.7 Å². The highest BCUT2D eigenvalue weighted by atomic mass is 16.4. The standard InChI is InChI=1S/C16H13N5O2/c1-16(11-8-6-10(7-9-11)15(22)23)17-13-5-3-2-4-12(13)14-18-19-20-21(14)16/h2-9,17H,1H3,(H,22,23). The number of carboxylic acids is 1. The highest BCUT2D eigenvalue weighted by Crippen LogP contribution is 2.39. The van der Waals surface area contributed by atoms with Gasteiger partial charge in [-0.1, -0.05) is 24.3 Å². The van der Waals surface area contributed by atoms with Crippen LogP contribution in [-0.4, -0.2) is 31.3 Å². The van der Waals surface area contributed by atoms with Crippen LogP contribution in [0.1, 0.15) is 22.8 Å². The number of nitrogens with one attached hydrogen (secondary N) is 1. The number of tetrazole rings is 1. The van der Waals surface area contributed by atoms with Crippen LogP contribution in [0.3, 0.4) is 0 Å². The molecule has 1 atom stereocenters. The average Bonchev–Trinajstić information content (AvgIpc) is 3.06. The minimum Gasteiger partial charge on any atom is -0.478 e. The number of aromatic carboxylic acids is 1. The lowest BCUT2D eigenvalue weighted by molar-refractivity contribution is 0.0697. The second-order valence-corrected chi connectivity index (χ2v) is 5.54. The van der Waals surface area contributed by atoms with Gasteiger partial charge in [0.15, 0.2) is 11.5 Å². The van der Waals surface area contributed by atoms with Crippen LogP contribution in [0.25, 0.3) is 11.4 Å². The Hall–Kier alpha value is -3.22. The van der Waals surface area contributed by atoms with Gasteiger partial charge >= 0.3 is 5.97 Å². The van der Waals surface area contributed by atoms with E-state index in [0.29, 0.717) is 5.82 Å². The molecular formula is C16H13N5O2. The van der Waals surface area contributed by atoms with Crippen molar-refractivity contribution in [3.8, 4) is 11.4 Å². The number of carboxylic acid groups (broad SMARTS) is 1. The lowest BCUT2D eigenvalue weighted by Gasteiger charge is -2.37. The molecule has 2 N–H and O–H groups in total. The van der Waals surface area contributed by atoms with E-state index in [-0.39, 0.29) is 5.56 Å². The zero-order chi connectivity index (χ0) is 16.0. The van der Waals surface area contributed by atoms with Crippen LogP contribution in [0, 0.1) is 0 Å². The fourth-order valence-electron chi connectivity index (χ4n) is 2.89. The first-order valence-corrected chi connectivity index (χ1v) is 7.10. The van der Waals surface area contributed by atoms with Crippen LogP contribution in [0.4, 0.5) is 5.69 Å². The molecule has 1 aliphatic heterocycles. The SMILES string of the molecule is CC1(c2ccc(C(=O)O)cc2)Nc2ccccc2-c2nnnn21. The monoisotopic (exact) mass is 307 g/mol. The lowest BCUT2D eigenvalue weighted by Crippen LogP contribution is -2.43. The minimum absolute atomic E-state index is 0.241. The van der Waals surface area contributed by atoms with Crippen molar-refractivity contribution in [2.24, 2.45) is 0 Å². The smallest absolute Gasteiger partial charge is 0.335 e. The Morgan fingerprint density at radius 3 is 2.65 bits per heavy atom. The Morgan fingerprint density at radius 2 is 1.91 bits per heavy atom. The summed E-state index contributed by atoms with van der Waals surface area (Å²) in [6, 6.07) is 14.5. The lowest BCUT2D eigenvalue weighted by atomic mass is 9.96. The highest BCUT2D eigenvalue weighted by molar-refractivity contribution is 5.87. The molecule has 0 saturated heterocycles. The first-order chi connectivity index (χ1) is 11.1. The predicted octanol–water partition coefficient (Wildman–Crippen LogP) is 2.18. The largest absolute Gasteiger partial charge is 0.478 e. The van der Waals surface area contributed by atoms with E-state index < -0.39 is 11.6 Å². The number of fused-ring (bicyclic) bond motifs is 3. The van der Waals surface area contributed by atoms with Crippen LogP contribution in [0.5, 0.6) is 0 Å². The van der Waals surface area contributed by atoms with E-state index in [0.717, 1.165) is 16.8 Å². The molecule has 0 spiro atoms. The van der Waals surface area contributed by atoms with Crippen molar-refractivity contribution in [2.75, 3.05) is 5.32 Å². The van der Waals surface area contributed by atoms with E-state index in [1.54, 1.807) is 28.9 Å². The van der Waals surface area contributed by atoms with Crippen molar-refractivity contribution >= 4 is 11.7 Å². The summed E-state index contributed by atoms with van der Waals surface area (Å²) in [6.45, 7) is 1.96. The summed E-state index contributed by atoms with van der Waals surface area (Å²) in [7, 11) is 0. The summed E-state index contributed by atoms with van der Waals surface area (Å²) in [4.78, 5) is 11.0. The molecular weight excluding hydrogens is 294 g/mol. The number of hydrogen-bond donors (Lipinski definition) is 2. The molecule has 0 aliphatic carbocycles. The molecule has 0 bridgehead atoms. The zero-order valence-corrected chi connectivity index (χ0v) is 12.3. The predicted molar refractivity (Wildman–Crippen MR) is 83.0 cm³/mol. The first kappa shape index (κ1) is 13.4. The molecule has 0 fully saturated rings. The van der Waals surface area contributed by atoms with Crippen LogP contribution >= 0.6 is 0 Å². The number of hydrogen-bond acceptors (Lipinski definition) is 5. The number of nitrogens with zero attached hydrogens (tertiary/aromatic N) is 4. The molecule has 1 aromatic heterocycles. The maximum atomic E-state index is 11.0. The molecule has 2 aromatic carbocycles. The molecule has 114 valence electrons. The second kappa shape index (κ2) is 4.64. The van der Waals surface area contributed by atoms with E-state index in [4.69, 9.17) is 5.11 Å². The van der Waals surface area contributed by atoms with Crippen molar-refractivity contribution in [2.45, 2.75) is 12.6 Å². The molecule has 1 aliphatic rings. The fraction of sp³-hybridized carbons (Fsp3) is 0.125. The van der Waals surface area contributed by atoms with Gasteiger partial charge in [-0.3, -0.25) is 0 Å². The summed E-state index contributed by atoms with van der Waals surface area (Å²) in [5.41, 5.74) is 2.26. The quantitative estimate of drug-likeness (QED) is 0.754. The molecule has 4 rings (SSSR count). The van der Waals surface area contributed by atoms with Crippen LogP contribution in [-0.2, 0) is 5.66 Å². The maximum Gasteiger partial charge on any atom is 0.335 e. The van der Waals surface area contributed by atoms with Crippen LogP contribution < -0.4 is 5.32 Å². The van der Waals surface area contributed by atoms with Gasteiger partial charge in [-0.25, -0.2) is 4.79 Å². The Labute approximate surface area is 131 Å². The molecule has 23 heavy (non-hydrogen) atoms. The zero-order valence-electron chi connectivity index (χ0n) is 12.3. The topological polar surface area (TPSA) is 92.9 Å². The van der Waals surface area contributed by atoms with E-state index in [1.807, 2.05) is 31.2 Å². The minimum atomic E-state index is -0.952. The number of anilines is 1. The van der Waals surface area contributed by atoms with E-state index in [1.165, 1.54) is 0 Å². The number of aromatic nitrogens is 4. The van der Waals surface area contributed by atoms with Gasteiger partial charge in [-0.15, -0.1) is 5.10 Å². The van der Waals surface area contributed by atoms with Gasteiger partial charge in [0.2, 0.25) is 0 Å². The third kappa shape index (κ3) is 1.90. The Kier molecular flexibility index (Phi) is 2.71. The molecule has 0 radical (unpaired) electrons. The molecule has 1 unspecified atom stereocenters. The van der Waals surface area contributed by atoms with Gasteiger partial charge in [0.05, 0.1) is 5.56 Å². The summed E-state index contributed by atoms with van der Waals surface area (Å²) in [6.07, 6.45) is 0. The van der Waals surface area contributed by atoms with Gasteiger partial charge in [0.25, 0.3) is 0 Å². The van der Waals surface area contributed by atoms with Crippen LogP contribution in [0.2, 0.25) is 0 Å². The van der Waals surface area contributed by atoms with Gasteiger partial charge in [-0.2, -0.15) is 4.68 Å². The highest BCUT2D eigenvalue weighted by Gasteiger charge is 2.37. The molecule has 3 aromatic rings. The van der Waals surface area contributed by atoms with E-state index >= 15 is 0 Å². The van der Waals surface area contributed by atoms with E-state index in [9.17, 15) is 4.79 Å². The summed E-state index contributed by atoms with van der Waals surface area (Å²) >= 11 is 0. The third-order valence-electron chi connectivity index (χ3n) is 4.13. The Balaban J connectivity index is 1.87. The van der Waals surface area contributed by atoms with Crippen molar-refractivity contribution < 1.29 is 9.90 Å². The summed E-state index contributed by atoms with van der Waals surface area (Å²) in [5, 5.41) is 24.6. The van der Waals surface area contributed by atoms with Gasteiger partial charge in [-0.05, 0) is 47.2 Å². The molecule has 7 heteroatoms. The van der Waals surface area contributed by atoms with Gasteiger partial charge in [0, 0.05) is 11.3 Å². The van der Waals surface area contributed by atoms with Gasteiger partial charge in [0.1, 0.15) is 0 Å². The van der Waals surface area contributed by atoms with Crippen LogP contribution in [0.15, 0.2) is 48.5 Å². The van der Waals surface area contributed by atoms with Gasteiger partial charge < -0.3 is 10.4 Å². The summed E-state index contributed by atoms with van der Waals surface area (Å²) < 4.78 is 1.71. The second-order valence-electron chi connectivity index (χ2n) is 5.54. The molecule has 7 nitrogen and oxygen atoms in total. The normalized spacial score (nSPS) is 18.7. The fourth-order valence-corrected chi connectivity index (χ4v) is 2.89. The third-order valence-corrected chi connectivity index (χ3v) is 4.13. The average molecular weight is 307 g/mol. The van der Waals surface area contributed by atoms with Crippen molar-refractivity contribution in [1.29, 1.82) is 0 Å². The number of carbonyl (C=O) groups is 1. The molecule has 0 amide bonds. The molecule has 0 saturated carbocycles. The number of rotatable bonds is 2. The number of benzene rings is 2. The molecule has 2 heterocycles. The first-order valence-electron chi connectivity index (χ1n) is 7.10.